The van der Waals surface area contributed by atoms with E-state index in [-0.39, 0.29) is 12.8 Å². The van der Waals surface area contributed by atoms with Gasteiger partial charge in [0.1, 0.15) is 18.1 Å². The predicted molar refractivity (Wildman–Crippen MR) is 120 cm³/mol. The van der Waals surface area contributed by atoms with Crippen molar-refractivity contribution in [3.05, 3.63) is 35.9 Å². The number of rotatable bonds is 14. The van der Waals surface area contributed by atoms with Crippen LogP contribution in [0.15, 0.2) is 30.3 Å². The fourth-order valence-electron chi connectivity index (χ4n) is 3.01. The highest BCUT2D eigenvalue weighted by Crippen LogP contribution is 2.06. The summed E-state index contributed by atoms with van der Waals surface area (Å²) in [7, 11) is 0. The number of benzene rings is 1. The maximum Gasteiger partial charge on any atom is 0.326 e. The van der Waals surface area contributed by atoms with E-state index in [2.05, 4.69) is 16.0 Å². The summed E-state index contributed by atoms with van der Waals surface area (Å²) in [6.07, 6.45) is -0.641. The van der Waals surface area contributed by atoms with Crippen molar-refractivity contribution in [1.82, 2.24) is 16.0 Å². The molecule has 1 aromatic rings. The molecule has 0 aliphatic rings. The molecule has 0 fully saturated rings. The summed E-state index contributed by atoms with van der Waals surface area (Å²) < 4.78 is 0. The van der Waals surface area contributed by atoms with E-state index < -0.39 is 72.8 Å². The van der Waals surface area contributed by atoms with Gasteiger partial charge in [0.05, 0.1) is 12.6 Å². The zero-order valence-electron chi connectivity index (χ0n) is 19.1. The number of carbonyl (C=O) groups excluding carboxylic acids is 3. The highest BCUT2D eigenvalue weighted by atomic mass is 16.4. The number of aliphatic hydroxyl groups excluding tert-OH is 1. The average Bonchev–Trinajstić information content (AvgIpc) is 2.77. The van der Waals surface area contributed by atoms with Gasteiger partial charge in [-0.3, -0.25) is 19.2 Å². The molecule has 34 heavy (non-hydrogen) atoms. The SMILES string of the molecule is CC(C)C(NC(=O)C(N)Cc1ccccc1)C(=O)NC(CO)C(=O)NC(CCC(=O)O)C(=O)O. The highest BCUT2D eigenvalue weighted by Gasteiger charge is 2.31. The van der Waals surface area contributed by atoms with Crippen molar-refractivity contribution in [3.63, 3.8) is 0 Å². The first kappa shape index (κ1) is 28.5. The Hall–Kier alpha value is -3.51. The molecule has 1 rings (SSSR count). The summed E-state index contributed by atoms with van der Waals surface area (Å²) in [5.74, 6) is -5.48. The van der Waals surface area contributed by atoms with E-state index in [9.17, 15) is 34.2 Å². The van der Waals surface area contributed by atoms with Crippen LogP contribution in [0.4, 0.5) is 0 Å². The van der Waals surface area contributed by atoms with Crippen molar-refractivity contribution in [2.75, 3.05) is 6.61 Å². The third-order valence-corrected chi connectivity index (χ3v) is 4.96. The zero-order valence-corrected chi connectivity index (χ0v) is 19.1. The summed E-state index contributed by atoms with van der Waals surface area (Å²) in [5, 5.41) is 34.4. The number of aliphatic carboxylic acids is 2. The first-order valence-corrected chi connectivity index (χ1v) is 10.7. The van der Waals surface area contributed by atoms with Gasteiger partial charge in [0.2, 0.25) is 17.7 Å². The van der Waals surface area contributed by atoms with Crippen LogP contribution in [-0.2, 0) is 30.4 Å². The molecule has 0 aromatic heterocycles. The van der Waals surface area contributed by atoms with Crippen molar-refractivity contribution in [3.8, 4) is 0 Å². The molecule has 188 valence electrons. The molecule has 0 saturated carbocycles. The molecule has 8 N–H and O–H groups in total. The fraction of sp³-hybridized carbons (Fsp3) is 0.500. The average molecular weight is 481 g/mol. The number of amides is 3. The number of aliphatic hydroxyl groups is 1. The van der Waals surface area contributed by atoms with Crippen LogP contribution in [-0.4, -0.2) is 75.8 Å². The van der Waals surface area contributed by atoms with E-state index in [1.165, 1.54) is 0 Å². The Labute approximate surface area is 196 Å². The van der Waals surface area contributed by atoms with E-state index in [1.807, 2.05) is 18.2 Å². The first-order valence-electron chi connectivity index (χ1n) is 10.7. The largest absolute Gasteiger partial charge is 0.481 e. The second-order valence-electron chi connectivity index (χ2n) is 8.10. The van der Waals surface area contributed by atoms with Gasteiger partial charge in [-0.15, -0.1) is 0 Å². The molecular weight excluding hydrogens is 448 g/mol. The maximum absolute atomic E-state index is 12.8. The molecule has 0 radical (unpaired) electrons. The fourth-order valence-corrected chi connectivity index (χ4v) is 3.01. The van der Waals surface area contributed by atoms with Crippen LogP contribution in [0.2, 0.25) is 0 Å². The maximum atomic E-state index is 12.8. The van der Waals surface area contributed by atoms with Crippen LogP contribution in [0.3, 0.4) is 0 Å². The number of hydrogen-bond donors (Lipinski definition) is 7. The lowest BCUT2D eigenvalue weighted by Gasteiger charge is -2.26. The van der Waals surface area contributed by atoms with E-state index in [0.29, 0.717) is 0 Å². The molecular formula is C22H32N4O8. The molecule has 1 aromatic carbocycles. The van der Waals surface area contributed by atoms with E-state index in [0.717, 1.165) is 5.56 Å². The smallest absolute Gasteiger partial charge is 0.326 e. The van der Waals surface area contributed by atoms with Crippen molar-refractivity contribution in [2.24, 2.45) is 11.7 Å². The van der Waals surface area contributed by atoms with Crippen LogP contribution in [0, 0.1) is 5.92 Å². The minimum absolute atomic E-state index is 0.244. The van der Waals surface area contributed by atoms with Gasteiger partial charge in [0.15, 0.2) is 0 Å². The number of hydrogen-bond acceptors (Lipinski definition) is 7. The molecule has 0 bridgehead atoms. The van der Waals surface area contributed by atoms with Gasteiger partial charge >= 0.3 is 11.9 Å². The minimum Gasteiger partial charge on any atom is -0.481 e. The van der Waals surface area contributed by atoms with Gasteiger partial charge < -0.3 is 37.0 Å². The molecule has 0 saturated heterocycles. The van der Waals surface area contributed by atoms with Crippen LogP contribution in [0.1, 0.15) is 32.3 Å². The van der Waals surface area contributed by atoms with Crippen LogP contribution >= 0.6 is 0 Å². The lowest BCUT2D eigenvalue weighted by molar-refractivity contribution is -0.143. The van der Waals surface area contributed by atoms with Crippen LogP contribution in [0.5, 0.6) is 0 Å². The van der Waals surface area contributed by atoms with Crippen molar-refractivity contribution < 1.29 is 39.3 Å². The number of carbonyl (C=O) groups is 5. The molecule has 4 atom stereocenters. The molecule has 3 amide bonds. The summed E-state index contributed by atoms with van der Waals surface area (Å²) in [6, 6.07) is 4.00. The molecule has 0 aliphatic carbocycles. The zero-order chi connectivity index (χ0) is 25.8. The predicted octanol–water partition coefficient (Wildman–Crippen LogP) is -1.39. The highest BCUT2D eigenvalue weighted by molar-refractivity contribution is 5.94. The number of nitrogens with two attached hydrogens (primary N) is 1. The molecule has 4 unspecified atom stereocenters. The monoisotopic (exact) mass is 480 g/mol. The number of carboxylic acid groups (broad SMARTS) is 2. The summed E-state index contributed by atoms with van der Waals surface area (Å²) >= 11 is 0. The molecule has 0 spiro atoms. The van der Waals surface area contributed by atoms with Crippen LogP contribution < -0.4 is 21.7 Å². The van der Waals surface area contributed by atoms with E-state index in [1.54, 1.807) is 26.0 Å². The van der Waals surface area contributed by atoms with Gasteiger partial charge in [-0.05, 0) is 24.3 Å². The van der Waals surface area contributed by atoms with Gasteiger partial charge in [0.25, 0.3) is 0 Å². The first-order chi connectivity index (χ1) is 16.0. The molecule has 0 heterocycles. The normalized spacial score (nSPS) is 14.4. The Balaban J connectivity index is 2.79. The Morgan fingerprint density at radius 3 is 1.97 bits per heavy atom. The van der Waals surface area contributed by atoms with E-state index in [4.69, 9.17) is 10.8 Å². The van der Waals surface area contributed by atoms with Gasteiger partial charge in [-0.2, -0.15) is 0 Å². The Kier molecular flexibility index (Phi) is 11.7. The molecule has 0 aliphatic heterocycles. The molecule has 12 nitrogen and oxygen atoms in total. The minimum atomic E-state index is -1.52. The Morgan fingerprint density at radius 2 is 1.47 bits per heavy atom. The quantitative estimate of drug-likeness (QED) is 0.167. The third kappa shape index (κ3) is 9.55. The van der Waals surface area contributed by atoms with E-state index >= 15 is 0 Å². The second-order valence-corrected chi connectivity index (χ2v) is 8.10. The van der Waals surface area contributed by atoms with Crippen molar-refractivity contribution in [1.29, 1.82) is 0 Å². The number of nitrogens with one attached hydrogen (secondary N) is 3. The lowest BCUT2D eigenvalue weighted by atomic mass is 10.0. The summed E-state index contributed by atoms with van der Waals surface area (Å²) in [6.45, 7) is 2.47. The van der Waals surface area contributed by atoms with Crippen LogP contribution in [0.25, 0.3) is 0 Å². The lowest BCUT2D eigenvalue weighted by Crippen LogP contribution is -2.59. The topological polar surface area (TPSA) is 208 Å². The Morgan fingerprint density at radius 1 is 0.882 bits per heavy atom. The standard InChI is InChI=1S/C22H32N4O8/c1-12(2)18(26-19(30)14(23)10-13-6-4-3-5-7-13)21(32)25-16(11-27)20(31)24-15(22(33)34)8-9-17(28)29/h3-7,12,14-16,18,27H,8-11,23H2,1-2H3,(H,24,31)(H,25,32)(H,26,30)(H,28,29)(H,33,34). The molecule has 12 heteroatoms. The van der Waals surface area contributed by atoms with Crippen molar-refractivity contribution in [2.45, 2.75) is 57.3 Å². The van der Waals surface area contributed by atoms with Gasteiger partial charge in [0, 0.05) is 6.42 Å². The van der Waals surface area contributed by atoms with Crippen molar-refractivity contribution >= 4 is 29.7 Å². The summed E-state index contributed by atoms with van der Waals surface area (Å²) in [4.78, 5) is 59.7. The third-order valence-electron chi connectivity index (χ3n) is 4.96. The Bertz CT molecular complexity index is 862. The van der Waals surface area contributed by atoms with Gasteiger partial charge in [-0.25, -0.2) is 4.79 Å². The second kappa shape index (κ2) is 13.9. The number of carboxylic acids is 2. The summed E-state index contributed by atoms with van der Waals surface area (Å²) in [5.41, 5.74) is 6.80. The van der Waals surface area contributed by atoms with Gasteiger partial charge in [-0.1, -0.05) is 44.2 Å².